The summed E-state index contributed by atoms with van der Waals surface area (Å²) in [5.41, 5.74) is 1.26. The van der Waals surface area contributed by atoms with Gasteiger partial charge < -0.3 is 9.64 Å². The van der Waals surface area contributed by atoms with E-state index in [-0.39, 0.29) is 28.5 Å². The quantitative estimate of drug-likeness (QED) is 0.669. The molecule has 2 aromatic heterocycles. The number of hydrogen-bond acceptors (Lipinski definition) is 4. The van der Waals surface area contributed by atoms with Gasteiger partial charge in [-0.1, -0.05) is 18.2 Å². The highest BCUT2D eigenvalue weighted by Gasteiger charge is 2.36. The van der Waals surface area contributed by atoms with Crippen LogP contribution in [0.5, 0.6) is 5.88 Å². The van der Waals surface area contributed by atoms with Crippen LogP contribution in [0.15, 0.2) is 30.3 Å². The van der Waals surface area contributed by atoms with Crippen molar-refractivity contribution in [2.75, 3.05) is 11.4 Å². The molecule has 29 heavy (non-hydrogen) atoms. The van der Waals surface area contributed by atoms with Gasteiger partial charge in [-0.15, -0.1) is 0 Å². The molecular formula is C20H19F3N4O2. The molecule has 6 nitrogen and oxygen atoms in total. The SMILES string of the molecule is Cc1nn(C)c2nc(O[C@H](C)C(=O)N3CCc4ccccc43)cc(C(F)(F)F)c12. The Morgan fingerprint density at radius 3 is 2.72 bits per heavy atom. The fourth-order valence-corrected chi connectivity index (χ4v) is 3.72. The molecule has 1 aliphatic heterocycles. The highest BCUT2D eigenvalue weighted by atomic mass is 19.4. The molecule has 4 rings (SSSR count). The molecule has 0 fully saturated rings. The summed E-state index contributed by atoms with van der Waals surface area (Å²) in [6.07, 6.45) is -4.87. The van der Waals surface area contributed by atoms with E-state index in [2.05, 4.69) is 10.1 Å². The molecule has 1 atom stereocenters. The molecule has 0 aliphatic carbocycles. The number of amides is 1. The maximum Gasteiger partial charge on any atom is 0.417 e. The number of para-hydroxylation sites is 1. The predicted octanol–water partition coefficient (Wildman–Crippen LogP) is 3.65. The third-order valence-electron chi connectivity index (χ3n) is 5.05. The summed E-state index contributed by atoms with van der Waals surface area (Å²) in [5, 5.41) is 3.96. The molecule has 0 spiro atoms. The molecule has 0 unspecified atom stereocenters. The zero-order valence-corrected chi connectivity index (χ0v) is 16.1. The summed E-state index contributed by atoms with van der Waals surface area (Å²) < 4.78 is 47.6. The molecule has 1 aromatic carbocycles. The van der Waals surface area contributed by atoms with E-state index in [9.17, 15) is 18.0 Å². The van der Waals surface area contributed by atoms with E-state index in [4.69, 9.17) is 4.74 Å². The number of benzene rings is 1. The zero-order chi connectivity index (χ0) is 20.9. The van der Waals surface area contributed by atoms with Gasteiger partial charge in [0.1, 0.15) is 0 Å². The van der Waals surface area contributed by atoms with Crippen molar-refractivity contribution in [1.29, 1.82) is 0 Å². The summed E-state index contributed by atoms with van der Waals surface area (Å²) in [7, 11) is 1.52. The van der Waals surface area contributed by atoms with E-state index in [1.807, 2.05) is 24.3 Å². The molecule has 0 N–H and O–H groups in total. The van der Waals surface area contributed by atoms with Crippen LogP contribution < -0.4 is 9.64 Å². The minimum absolute atomic E-state index is 0.0542. The second-order valence-corrected chi connectivity index (χ2v) is 7.04. The molecule has 1 amide bonds. The summed E-state index contributed by atoms with van der Waals surface area (Å²) in [4.78, 5) is 18.6. The second-order valence-electron chi connectivity index (χ2n) is 7.04. The molecule has 0 saturated carbocycles. The fraction of sp³-hybridized carbons (Fsp3) is 0.350. The van der Waals surface area contributed by atoms with E-state index in [1.54, 1.807) is 4.90 Å². The number of hydrogen-bond donors (Lipinski definition) is 0. The van der Waals surface area contributed by atoms with Gasteiger partial charge in [-0.3, -0.25) is 9.48 Å². The average molecular weight is 404 g/mol. The Hall–Kier alpha value is -3.10. The number of aromatic nitrogens is 3. The van der Waals surface area contributed by atoms with E-state index < -0.39 is 17.8 Å². The van der Waals surface area contributed by atoms with Crippen LogP contribution in [0, 0.1) is 6.92 Å². The highest BCUT2D eigenvalue weighted by Crippen LogP contribution is 2.38. The lowest BCUT2D eigenvalue weighted by atomic mass is 10.1. The van der Waals surface area contributed by atoms with Gasteiger partial charge in [0.15, 0.2) is 11.8 Å². The van der Waals surface area contributed by atoms with Crippen LogP contribution >= 0.6 is 0 Å². The first-order valence-electron chi connectivity index (χ1n) is 9.14. The van der Waals surface area contributed by atoms with Gasteiger partial charge in [0, 0.05) is 25.3 Å². The van der Waals surface area contributed by atoms with Crippen molar-refractivity contribution in [3.63, 3.8) is 0 Å². The lowest BCUT2D eigenvalue weighted by molar-refractivity contribution is -0.136. The van der Waals surface area contributed by atoms with Crippen molar-refractivity contribution in [3.8, 4) is 5.88 Å². The Morgan fingerprint density at radius 2 is 2.00 bits per heavy atom. The van der Waals surface area contributed by atoms with E-state index >= 15 is 0 Å². The number of nitrogens with zero attached hydrogens (tertiary/aromatic N) is 4. The van der Waals surface area contributed by atoms with E-state index in [0.717, 1.165) is 23.7 Å². The first kappa shape index (κ1) is 19.2. The first-order chi connectivity index (χ1) is 13.7. The number of ether oxygens (including phenoxy) is 1. The number of pyridine rings is 1. The van der Waals surface area contributed by atoms with Crippen LogP contribution in [0.1, 0.15) is 23.7 Å². The fourth-order valence-electron chi connectivity index (χ4n) is 3.72. The molecule has 3 aromatic rings. The minimum atomic E-state index is -4.60. The molecule has 0 saturated heterocycles. The van der Waals surface area contributed by atoms with Crippen LogP contribution in [0.4, 0.5) is 18.9 Å². The number of anilines is 1. The molecule has 152 valence electrons. The molecule has 0 radical (unpaired) electrons. The molecule has 9 heteroatoms. The number of carbonyl (C=O) groups is 1. The maximum atomic E-state index is 13.6. The van der Waals surface area contributed by atoms with Gasteiger partial charge in [-0.05, 0) is 31.9 Å². The highest BCUT2D eigenvalue weighted by molar-refractivity contribution is 5.98. The van der Waals surface area contributed by atoms with Crippen molar-refractivity contribution in [1.82, 2.24) is 14.8 Å². The molecule has 0 bridgehead atoms. The zero-order valence-electron chi connectivity index (χ0n) is 16.1. The number of halogens is 3. The topological polar surface area (TPSA) is 60.2 Å². The number of carbonyl (C=O) groups excluding carboxylic acids is 1. The smallest absolute Gasteiger partial charge is 0.417 e. The summed E-state index contributed by atoms with van der Waals surface area (Å²) >= 11 is 0. The molecule has 1 aliphatic rings. The van der Waals surface area contributed by atoms with Crippen LogP contribution in [0.2, 0.25) is 0 Å². The predicted molar refractivity (Wildman–Crippen MR) is 101 cm³/mol. The third kappa shape index (κ3) is 3.30. The van der Waals surface area contributed by atoms with Gasteiger partial charge in [0.2, 0.25) is 5.88 Å². The third-order valence-corrected chi connectivity index (χ3v) is 5.05. The van der Waals surface area contributed by atoms with Crippen molar-refractivity contribution < 1.29 is 22.7 Å². The second kappa shape index (κ2) is 6.75. The standard InChI is InChI=1S/C20H19F3N4O2/c1-11-17-14(20(21,22)23)10-16(24-18(17)26(3)25-11)29-12(2)19(28)27-9-8-13-6-4-5-7-15(13)27/h4-7,10,12H,8-9H2,1-3H3/t12-/m1/s1. The maximum absolute atomic E-state index is 13.6. The lowest BCUT2D eigenvalue weighted by Crippen LogP contribution is -2.39. The lowest BCUT2D eigenvalue weighted by Gasteiger charge is -2.22. The number of aryl methyl sites for hydroxylation is 2. The van der Waals surface area contributed by atoms with E-state index in [1.165, 1.54) is 25.6 Å². The van der Waals surface area contributed by atoms with Crippen LogP contribution in [-0.4, -0.2) is 33.3 Å². The minimum Gasteiger partial charge on any atom is -0.464 e. The Kier molecular flexibility index (Phi) is 4.48. The largest absolute Gasteiger partial charge is 0.464 e. The van der Waals surface area contributed by atoms with Gasteiger partial charge in [0.05, 0.1) is 16.6 Å². The molecule has 3 heterocycles. The number of rotatable bonds is 3. The summed E-state index contributed by atoms with van der Waals surface area (Å²) in [5.74, 6) is -0.590. The van der Waals surface area contributed by atoms with Crippen molar-refractivity contribution in [2.45, 2.75) is 32.5 Å². The van der Waals surface area contributed by atoms with Crippen molar-refractivity contribution in [3.05, 3.63) is 47.2 Å². The van der Waals surface area contributed by atoms with Crippen molar-refractivity contribution in [2.24, 2.45) is 7.05 Å². The Balaban J connectivity index is 1.66. The Morgan fingerprint density at radius 1 is 1.28 bits per heavy atom. The monoisotopic (exact) mass is 404 g/mol. The van der Waals surface area contributed by atoms with Gasteiger partial charge in [0.25, 0.3) is 5.91 Å². The molecular weight excluding hydrogens is 385 g/mol. The Labute approximate surface area is 164 Å². The van der Waals surface area contributed by atoms with Gasteiger partial charge >= 0.3 is 6.18 Å². The van der Waals surface area contributed by atoms with Gasteiger partial charge in [-0.2, -0.15) is 23.3 Å². The van der Waals surface area contributed by atoms with Gasteiger partial charge in [-0.25, -0.2) is 0 Å². The van der Waals surface area contributed by atoms with Crippen LogP contribution in [0.3, 0.4) is 0 Å². The number of alkyl halides is 3. The normalized spacial score (nSPS) is 14.9. The summed E-state index contributed by atoms with van der Waals surface area (Å²) in [6.45, 7) is 3.51. The van der Waals surface area contributed by atoms with Crippen molar-refractivity contribution >= 4 is 22.6 Å². The average Bonchev–Trinajstić information content (AvgIpc) is 3.21. The Bertz CT molecular complexity index is 1110. The summed E-state index contributed by atoms with van der Waals surface area (Å²) in [6, 6.07) is 8.37. The first-order valence-corrected chi connectivity index (χ1v) is 9.14. The van der Waals surface area contributed by atoms with Crippen LogP contribution in [-0.2, 0) is 24.4 Å². The number of fused-ring (bicyclic) bond motifs is 2. The van der Waals surface area contributed by atoms with Crippen LogP contribution in [0.25, 0.3) is 11.0 Å². The van der Waals surface area contributed by atoms with E-state index in [0.29, 0.717) is 6.54 Å².